The zero-order valence-electron chi connectivity index (χ0n) is 11.4. The number of benzene rings is 1. The Morgan fingerprint density at radius 1 is 1.22 bits per heavy atom. The highest BCUT2D eigenvalue weighted by Gasteiger charge is 2.42. The molecule has 1 aliphatic heterocycles. The van der Waals surface area contributed by atoms with Crippen LogP contribution in [0.3, 0.4) is 0 Å². The van der Waals surface area contributed by atoms with Gasteiger partial charge in [-0.25, -0.2) is 0 Å². The van der Waals surface area contributed by atoms with E-state index in [4.69, 9.17) is 0 Å². The van der Waals surface area contributed by atoms with E-state index in [9.17, 15) is 0 Å². The summed E-state index contributed by atoms with van der Waals surface area (Å²) in [7, 11) is 0. The zero-order chi connectivity index (χ0) is 12.4. The van der Waals surface area contributed by atoms with Gasteiger partial charge in [-0.2, -0.15) is 0 Å². The second-order valence-electron chi connectivity index (χ2n) is 6.08. The van der Waals surface area contributed by atoms with Crippen LogP contribution < -0.4 is 5.32 Å². The summed E-state index contributed by atoms with van der Waals surface area (Å²) in [6, 6.07) is 11.6. The Bertz CT molecular complexity index is 381. The number of hydrogen-bond acceptors (Lipinski definition) is 2. The lowest BCUT2D eigenvalue weighted by molar-refractivity contribution is 0.0393. The SMILES string of the molecule is C[C@H]1CN(Cc2ccccc2)C2(CCCC2)CN1. The molecule has 0 aromatic heterocycles. The topological polar surface area (TPSA) is 15.3 Å². The van der Waals surface area contributed by atoms with Crippen LogP contribution in [-0.4, -0.2) is 29.6 Å². The van der Waals surface area contributed by atoms with Crippen molar-refractivity contribution in [3.63, 3.8) is 0 Å². The first-order valence-corrected chi connectivity index (χ1v) is 7.31. The summed E-state index contributed by atoms with van der Waals surface area (Å²) in [5.41, 5.74) is 1.90. The van der Waals surface area contributed by atoms with E-state index in [-0.39, 0.29) is 0 Å². The predicted octanol–water partition coefficient (Wildman–Crippen LogP) is 2.79. The standard InChI is InChI=1S/C16H24N2/c1-14-11-18(12-15-7-3-2-4-8-15)16(13-17-14)9-5-6-10-16/h2-4,7-8,14,17H,5-6,9-13H2,1H3/t14-/m0/s1. The molecule has 18 heavy (non-hydrogen) atoms. The average molecular weight is 244 g/mol. The molecule has 2 heteroatoms. The Balaban J connectivity index is 1.78. The van der Waals surface area contributed by atoms with Gasteiger partial charge in [0, 0.05) is 31.2 Å². The van der Waals surface area contributed by atoms with E-state index in [1.54, 1.807) is 0 Å². The molecule has 1 aromatic carbocycles. The van der Waals surface area contributed by atoms with E-state index in [1.807, 2.05) is 0 Å². The van der Waals surface area contributed by atoms with Crippen molar-refractivity contribution in [1.82, 2.24) is 10.2 Å². The third kappa shape index (κ3) is 2.32. The number of hydrogen-bond donors (Lipinski definition) is 1. The van der Waals surface area contributed by atoms with Crippen LogP contribution in [-0.2, 0) is 6.54 Å². The lowest BCUT2D eigenvalue weighted by Gasteiger charge is -2.48. The molecule has 0 radical (unpaired) electrons. The molecule has 0 bridgehead atoms. The molecule has 1 saturated heterocycles. The van der Waals surface area contributed by atoms with Crippen molar-refractivity contribution in [2.75, 3.05) is 13.1 Å². The quantitative estimate of drug-likeness (QED) is 0.860. The van der Waals surface area contributed by atoms with Crippen LogP contribution in [0.25, 0.3) is 0 Å². The molecule has 2 nitrogen and oxygen atoms in total. The van der Waals surface area contributed by atoms with Crippen molar-refractivity contribution >= 4 is 0 Å². The van der Waals surface area contributed by atoms with Gasteiger partial charge >= 0.3 is 0 Å². The fourth-order valence-electron chi connectivity index (χ4n) is 3.63. The molecule has 1 aromatic rings. The van der Waals surface area contributed by atoms with Gasteiger partial charge in [-0.05, 0) is 25.3 Å². The molecule has 3 rings (SSSR count). The minimum atomic E-state index is 0.447. The van der Waals surface area contributed by atoms with Gasteiger partial charge in [0.05, 0.1) is 0 Å². The van der Waals surface area contributed by atoms with Gasteiger partial charge in [-0.15, -0.1) is 0 Å². The molecule has 0 amide bonds. The van der Waals surface area contributed by atoms with Crippen LogP contribution in [0.15, 0.2) is 30.3 Å². The van der Waals surface area contributed by atoms with Crippen LogP contribution in [0.4, 0.5) is 0 Å². The summed E-state index contributed by atoms with van der Waals surface area (Å²) in [6.07, 6.45) is 5.56. The van der Waals surface area contributed by atoms with Gasteiger partial charge in [-0.3, -0.25) is 4.90 Å². The first kappa shape index (κ1) is 12.2. The molecule has 2 fully saturated rings. The predicted molar refractivity (Wildman–Crippen MR) is 75.5 cm³/mol. The number of piperazine rings is 1. The molecule has 98 valence electrons. The highest BCUT2D eigenvalue weighted by molar-refractivity contribution is 5.16. The minimum Gasteiger partial charge on any atom is -0.311 e. The fourth-order valence-corrected chi connectivity index (χ4v) is 3.63. The van der Waals surface area contributed by atoms with Crippen molar-refractivity contribution in [3.05, 3.63) is 35.9 Å². The smallest absolute Gasteiger partial charge is 0.0338 e. The van der Waals surface area contributed by atoms with Crippen molar-refractivity contribution in [2.45, 2.75) is 50.7 Å². The van der Waals surface area contributed by atoms with Crippen LogP contribution in [0.5, 0.6) is 0 Å². The van der Waals surface area contributed by atoms with Gasteiger partial charge in [0.25, 0.3) is 0 Å². The molecule has 1 N–H and O–H groups in total. The van der Waals surface area contributed by atoms with Crippen molar-refractivity contribution in [2.24, 2.45) is 0 Å². The molecule has 1 aliphatic carbocycles. The monoisotopic (exact) mass is 244 g/mol. The number of rotatable bonds is 2. The first-order valence-electron chi connectivity index (χ1n) is 7.31. The second kappa shape index (κ2) is 5.02. The Morgan fingerprint density at radius 3 is 2.67 bits per heavy atom. The summed E-state index contributed by atoms with van der Waals surface area (Å²) in [5, 5.41) is 3.69. The lowest BCUT2D eigenvalue weighted by Crippen LogP contribution is -2.62. The van der Waals surface area contributed by atoms with E-state index >= 15 is 0 Å². The van der Waals surface area contributed by atoms with E-state index < -0.39 is 0 Å². The van der Waals surface area contributed by atoms with Crippen molar-refractivity contribution < 1.29 is 0 Å². The molecular weight excluding hydrogens is 220 g/mol. The van der Waals surface area contributed by atoms with Crippen molar-refractivity contribution in [3.8, 4) is 0 Å². The summed E-state index contributed by atoms with van der Waals surface area (Å²) < 4.78 is 0. The van der Waals surface area contributed by atoms with Crippen LogP contribution in [0.1, 0.15) is 38.2 Å². The van der Waals surface area contributed by atoms with Gasteiger partial charge in [-0.1, -0.05) is 43.2 Å². The second-order valence-corrected chi connectivity index (χ2v) is 6.08. The van der Waals surface area contributed by atoms with Gasteiger partial charge in [0.2, 0.25) is 0 Å². The summed E-state index contributed by atoms with van der Waals surface area (Å²) >= 11 is 0. The van der Waals surface area contributed by atoms with Crippen LogP contribution in [0, 0.1) is 0 Å². The van der Waals surface area contributed by atoms with Gasteiger partial charge in [0.1, 0.15) is 0 Å². The van der Waals surface area contributed by atoms with Gasteiger partial charge in [0.15, 0.2) is 0 Å². The maximum absolute atomic E-state index is 3.69. The third-order valence-electron chi connectivity index (χ3n) is 4.70. The Kier molecular flexibility index (Phi) is 3.40. The normalized spacial score (nSPS) is 27.7. The third-order valence-corrected chi connectivity index (χ3v) is 4.70. The fraction of sp³-hybridized carbons (Fsp3) is 0.625. The van der Waals surface area contributed by atoms with E-state index in [1.165, 1.54) is 44.3 Å². The minimum absolute atomic E-state index is 0.447. The van der Waals surface area contributed by atoms with E-state index in [2.05, 4.69) is 47.5 Å². The maximum atomic E-state index is 3.69. The Labute approximate surface area is 110 Å². The van der Waals surface area contributed by atoms with Crippen LogP contribution >= 0.6 is 0 Å². The van der Waals surface area contributed by atoms with Crippen molar-refractivity contribution in [1.29, 1.82) is 0 Å². The zero-order valence-corrected chi connectivity index (χ0v) is 11.4. The summed E-state index contributed by atoms with van der Waals surface area (Å²) in [5.74, 6) is 0. The van der Waals surface area contributed by atoms with Crippen LogP contribution in [0.2, 0.25) is 0 Å². The molecule has 2 aliphatic rings. The maximum Gasteiger partial charge on any atom is 0.0338 e. The molecule has 1 atom stereocenters. The lowest BCUT2D eigenvalue weighted by atomic mass is 9.90. The highest BCUT2D eigenvalue weighted by atomic mass is 15.3. The first-order chi connectivity index (χ1) is 8.78. The Hall–Kier alpha value is -0.860. The summed E-state index contributed by atoms with van der Waals surface area (Å²) in [4.78, 5) is 2.75. The Morgan fingerprint density at radius 2 is 1.94 bits per heavy atom. The number of nitrogens with one attached hydrogen (secondary N) is 1. The van der Waals surface area contributed by atoms with Gasteiger partial charge < -0.3 is 5.32 Å². The largest absolute Gasteiger partial charge is 0.311 e. The molecule has 0 unspecified atom stereocenters. The van der Waals surface area contributed by atoms with E-state index in [0.717, 1.165) is 6.54 Å². The molecule has 1 spiro atoms. The molecule has 1 saturated carbocycles. The number of nitrogens with zero attached hydrogens (tertiary/aromatic N) is 1. The highest BCUT2D eigenvalue weighted by Crippen LogP contribution is 2.37. The van der Waals surface area contributed by atoms with E-state index in [0.29, 0.717) is 11.6 Å². The molecule has 1 heterocycles. The summed E-state index contributed by atoms with van der Waals surface area (Å²) in [6.45, 7) is 5.79. The average Bonchev–Trinajstić information content (AvgIpc) is 2.85. The molecular formula is C16H24N2.